The van der Waals surface area contributed by atoms with Crippen molar-refractivity contribution in [3.05, 3.63) is 65.1 Å². The number of ketones is 1. The highest BCUT2D eigenvalue weighted by molar-refractivity contribution is 6.32. The summed E-state index contributed by atoms with van der Waals surface area (Å²) in [7, 11) is 0. The highest BCUT2D eigenvalue weighted by Crippen LogP contribution is 2.39. The van der Waals surface area contributed by atoms with E-state index in [1.165, 1.54) is 0 Å². The molecule has 1 unspecified atom stereocenters. The second kappa shape index (κ2) is 10.4. The quantitative estimate of drug-likeness (QED) is 0.241. The molecule has 1 aliphatic heterocycles. The Morgan fingerprint density at radius 3 is 2.59 bits per heavy atom. The molecule has 1 saturated heterocycles. The zero-order valence-electron chi connectivity index (χ0n) is 21.3. The molecule has 4 aromatic rings. The van der Waals surface area contributed by atoms with Crippen molar-refractivity contribution >= 4 is 45.6 Å². The number of anilines is 3. The minimum atomic E-state index is -0.346. The van der Waals surface area contributed by atoms with Crippen LogP contribution in [0.3, 0.4) is 0 Å². The molecule has 0 radical (unpaired) electrons. The van der Waals surface area contributed by atoms with Gasteiger partial charge in [0, 0.05) is 42.2 Å². The molecule has 1 aliphatic carbocycles. The van der Waals surface area contributed by atoms with E-state index in [4.69, 9.17) is 17.3 Å². The van der Waals surface area contributed by atoms with Crippen LogP contribution in [0.5, 0.6) is 5.75 Å². The summed E-state index contributed by atoms with van der Waals surface area (Å²) >= 11 is 6.24. The summed E-state index contributed by atoms with van der Waals surface area (Å²) in [5, 5.41) is 24.1. The number of aliphatic hydroxyl groups excluding tert-OH is 1. The minimum absolute atomic E-state index is 0.0120. The van der Waals surface area contributed by atoms with E-state index >= 15 is 0 Å². The third-order valence-electron chi connectivity index (χ3n) is 7.38. The number of aromatic hydroxyl groups is 1. The van der Waals surface area contributed by atoms with Gasteiger partial charge in [-0.3, -0.25) is 9.78 Å². The molecule has 10 heteroatoms. The molecule has 0 spiro atoms. The fraction of sp³-hybridized carbons (Fsp3) is 0.310. The second-order valence-corrected chi connectivity index (χ2v) is 10.7. The van der Waals surface area contributed by atoms with Crippen LogP contribution < -0.4 is 16.0 Å². The number of rotatable bonds is 7. The first-order valence-corrected chi connectivity index (χ1v) is 13.5. The van der Waals surface area contributed by atoms with Crippen molar-refractivity contribution in [1.29, 1.82) is 0 Å². The number of aromatic nitrogens is 3. The zero-order chi connectivity index (χ0) is 27.1. The average molecular weight is 545 g/mol. The number of carbonyl (C=O) groups is 1. The largest absolute Gasteiger partial charge is 0.506 e. The number of fused-ring (bicyclic) bond motifs is 1. The molecule has 1 saturated carbocycles. The molecular weight excluding hydrogens is 516 g/mol. The normalized spacial score (nSPS) is 17.4. The van der Waals surface area contributed by atoms with Gasteiger partial charge in [-0.25, -0.2) is 9.97 Å². The number of piperidine rings is 1. The zero-order valence-corrected chi connectivity index (χ0v) is 22.0. The SMILES string of the molecule is NC1CCCN(c2ncc(Nc3c(C(=O)C4CC4)cnc4ccc(-c5cc(Cl)c(O)c(CO)c5)cc34)cn2)C1. The third kappa shape index (κ3) is 5.13. The summed E-state index contributed by atoms with van der Waals surface area (Å²) in [6.07, 6.45) is 8.84. The van der Waals surface area contributed by atoms with E-state index in [1.54, 1.807) is 30.7 Å². The molecule has 2 aromatic carbocycles. The number of nitrogens with zero attached hydrogens (tertiary/aromatic N) is 4. The molecule has 2 fully saturated rings. The predicted molar refractivity (Wildman–Crippen MR) is 152 cm³/mol. The van der Waals surface area contributed by atoms with Crippen LogP contribution in [0, 0.1) is 5.92 Å². The number of Topliss-reactive ketones (excluding diaryl/α,β-unsaturated/α-hetero) is 1. The Labute approximate surface area is 230 Å². The van der Waals surface area contributed by atoms with Gasteiger partial charge in [0.05, 0.1) is 46.5 Å². The predicted octanol–water partition coefficient (Wildman–Crippen LogP) is 4.81. The Hall–Kier alpha value is -3.79. The van der Waals surface area contributed by atoms with Crippen LogP contribution in [0.25, 0.3) is 22.0 Å². The Morgan fingerprint density at radius 2 is 1.87 bits per heavy atom. The maximum absolute atomic E-state index is 13.3. The summed E-state index contributed by atoms with van der Waals surface area (Å²) in [5.41, 5.74) is 10.5. The molecule has 2 aromatic heterocycles. The summed E-state index contributed by atoms with van der Waals surface area (Å²) in [5.74, 6) is 0.570. The maximum Gasteiger partial charge on any atom is 0.225 e. The number of nitrogens with one attached hydrogen (secondary N) is 1. The van der Waals surface area contributed by atoms with E-state index in [0.717, 1.165) is 55.3 Å². The first kappa shape index (κ1) is 25.5. The van der Waals surface area contributed by atoms with E-state index in [9.17, 15) is 15.0 Å². The van der Waals surface area contributed by atoms with Gasteiger partial charge in [0.25, 0.3) is 0 Å². The van der Waals surface area contributed by atoms with E-state index < -0.39 is 0 Å². The number of halogens is 1. The summed E-state index contributed by atoms with van der Waals surface area (Å²) in [6, 6.07) is 9.16. The number of hydrogen-bond donors (Lipinski definition) is 4. The first-order chi connectivity index (χ1) is 18.9. The minimum Gasteiger partial charge on any atom is -0.506 e. The lowest BCUT2D eigenvalue weighted by molar-refractivity contribution is 0.0968. The summed E-state index contributed by atoms with van der Waals surface area (Å²) in [6.45, 7) is 1.25. The lowest BCUT2D eigenvalue weighted by Crippen LogP contribution is -2.43. The van der Waals surface area contributed by atoms with E-state index in [2.05, 4.69) is 25.2 Å². The van der Waals surface area contributed by atoms with Crippen LogP contribution in [0.2, 0.25) is 5.02 Å². The smallest absolute Gasteiger partial charge is 0.225 e. The van der Waals surface area contributed by atoms with Crippen LogP contribution in [-0.4, -0.2) is 50.1 Å². The molecule has 6 rings (SSSR count). The Morgan fingerprint density at radius 1 is 1.08 bits per heavy atom. The molecule has 5 N–H and O–H groups in total. The molecule has 2 aliphatic rings. The number of nitrogens with two attached hydrogens (primary N) is 1. The topological polar surface area (TPSA) is 137 Å². The van der Waals surface area contributed by atoms with Crippen molar-refractivity contribution in [2.45, 2.75) is 38.3 Å². The first-order valence-electron chi connectivity index (χ1n) is 13.1. The van der Waals surface area contributed by atoms with Crippen LogP contribution in [0.4, 0.5) is 17.3 Å². The summed E-state index contributed by atoms with van der Waals surface area (Å²) in [4.78, 5) is 29.1. The lowest BCUT2D eigenvalue weighted by atomic mass is 9.98. The van der Waals surface area contributed by atoms with E-state index in [0.29, 0.717) is 34.0 Å². The number of phenols is 1. The maximum atomic E-state index is 13.3. The highest BCUT2D eigenvalue weighted by atomic mass is 35.5. The van der Waals surface area contributed by atoms with Gasteiger partial charge in [0.15, 0.2) is 5.78 Å². The fourth-order valence-electron chi connectivity index (χ4n) is 5.09. The van der Waals surface area contributed by atoms with Crippen LogP contribution >= 0.6 is 11.6 Å². The van der Waals surface area contributed by atoms with Gasteiger partial charge in [-0.15, -0.1) is 0 Å². The number of carbonyl (C=O) groups excluding carboxylic acids is 1. The highest BCUT2D eigenvalue weighted by Gasteiger charge is 2.32. The number of hydrogen-bond acceptors (Lipinski definition) is 9. The number of pyridine rings is 1. The molecular formula is C29H29ClN6O3. The van der Waals surface area contributed by atoms with Crippen molar-refractivity contribution in [3.63, 3.8) is 0 Å². The van der Waals surface area contributed by atoms with Crippen molar-refractivity contribution in [1.82, 2.24) is 15.0 Å². The van der Waals surface area contributed by atoms with Gasteiger partial charge in [-0.1, -0.05) is 17.7 Å². The van der Waals surface area contributed by atoms with Gasteiger partial charge in [-0.05, 0) is 61.1 Å². The fourth-order valence-corrected chi connectivity index (χ4v) is 5.33. The van der Waals surface area contributed by atoms with Crippen LogP contribution in [-0.2, 0) is 6.61 Å². The molecule has 0 bridgehead atoms. The van der Waals surface area contributed by atoms with Gasteiger partial charge in [0.2, 0.25) is 5.95 Å². The van der Waals surface area contributed by atoms with Gasteiger partial charge in [-0.2, -0.15) is 0 Å². The number of aliphatic hydroxyl groups is 1. The third-order valence-corrected chi connectivity index (χ3v) is 7.66. The molecule has 0 amide bonds. The average Bonchev–Trinajstić information content (AvgIpc) is 3.80. The lowest BCUT2D eigenvalue weighted by Gasteiger charge is -2.30. The van der Waals surface area contributed by atoms with Crippen molar-refractivity contribution < 1.29 is 15.0 Å². The van der Waals surface area contributed by atoms with Crippen molar-refractivity contribution in [2.75, 3.05) is 23.3 Å². The number of benzene rings is 2. The second-order valence-electron chi connectivity index (χ2n) is 10.3. The van der Waals surface area contributed by atoms with Crippen LogP contribution in [0.1, 0.15) is 41.6 Å². The van der Waals surface area contributed by atoms with Crippen LogP contribution in [0.15, 0.2) is 48.9 Å². The standard InChI is InChI=1S/C29H29ClN6O3/c30-24-10-18(8-19(15-37)28(24)39)17-5-6-25-22(9-17)26(23(13-32-25)27(38)16-3-4-16)35-21-11-33-29(34-12-21)36-7-1-2-20(31)14-36/h5-6,8-13,16,20,37,39H,1-4,7,14-15,31H2,(H,32,35). The van der Waals surface area contributed by atoms with Gasteiger partial charge in [0.1, 0.15) is 5.75 Å². The van der Waals surface area contributed by atoms with Crippen molar-refractivity contribution in [3.8, 4) is 16.9 Å². The van der Waals surface area contributed by atoms with Crippen molar-refractivity contribution in [2.24, 2.45) is 11.7 Å². The van der Waals surface area contributed by atoms with Gasteiger partial charge >= 0.3 is 0 Å². The monoisotopic (exact) mass is 544 g/mol. The molecule has 9 nitrogen and oxygen atoms in total. The van der Waals surface area contributed by atoms with Gasteiger partial charge < -0.3 is 26.2 Å². The Kier molecular flexibility index (Phi) is 6.80. The molecule has 3 heterocycles. The Bertz CT molecular complexity index is 1560. The van der Waals surface area contributed by atoms with E-state index in [1.807, 2.05) is 18.2 Å². The summed E-state index contributed by atoms with van der Waals surface area (Å²) < 4.78 is 0. The molecule has 39 heavy (non-hydrogen) atoms. The molecule has 1 atom stereocenters. The Balaban J connectivity index is 1.41. The van der Waals surface area contributed by atoms with E-state index in [-0.39, 0.29) is 35.1 Å². The molecule has 200 valence electrons.